The van der Waals surface area contributed by atoms with E-state index in [0.29, 0.717) is 0 Å². The summed E-state index contributed by atoms with van der Waals surface area (Å²) >= 11 is 0. The summed E-state index contributed by atoms with van der Waals surface area (Å²) in [6, 6.07) is 8.48. The monoisotopic (exact) mass is 290 g/mol. The number of aryl methyl sites for hydroxylation is 1. The van der Waals surface area contributed by atoms with Gasteiger partial charge in [-0.15, -0.1) is 0 Å². The Hall–Kier alpha value is -0.980. The van der Waals surface area contributed by atoms with Gasteiger partial charge in [0.05, 0.1) is 7.11 Å². The van der Waals surface area contributed by atoms with Crippen LogP contribution in [0.15, 0.2) is 24.3 Å². The van der Waals surface area contributed by atoms with Crippen LogP contribution in [0.4, 0.5) is 0 Å². The average Bonchev–Trinajstić information content (AvgIpc) is 2.53. The van der Waals surface area contributed by atoms with Crippen LogP contribution >= 0.6 is 0 Å². The Labute approximate surface area is 132 Å². The number of benzene rings is 1. The van der Waals surface area contributed by atoms with Crippen LogP contribution in [0.2, 0.25) is 0 Å². The fourth-order valence-corrected chi connectivity index (χ4v) is 2.82. The molecule has 0 atom stereocenters. The smallest absolute Gasteiger partial charge is 0.119 e. The molecule has 1 heteroatoms. The second-order valence-electron chi connectivity index (χ2n) is 6.14. The van der Waals surface area contributed by atoms with E-state index in [1.807, 2.05) is 6.07 Å². The topological polar surface area (TPSA) is 9.23 Å². The minimum atomic E-state index is 0.982. The zero-order valence-electron chi connectivity index (χ0n) is 14.2. The molecule has 0 bridgehead atoms. The number of hydrogen-bond donors (Lipinski definition) is 0. The molecule has 0 spiro atoms. The fraction of sp³-hybridized carbons (Fsp3) is 0.700. The Morgan fingerprint density at radius 3 is 1.90 bits per heavy atom. The van der Waals surface area contributed by atoms with E-state index in [2.05, 4.69) is 25.1 Å². The molecule has 120 valence electrons. The van der Waals surface area contributed by atoms with Crippen LogP contribution in [0.3, 0.4) is 0 Å². The van der Waals surface area contributed by atoms with Crippen molar-refractivity contribution in [3.63, 3.8) is 0 Å². The third kappa shape index (κ3) is 9.55. The van der Waals surface area contributed by atoms with Crippen molar-refractivity contribution in [2.24, 2.45) is 0 Å². The summed E-state index contributed by atoms with van der Waals surface area (Å²) in [5, 5.41) is 0. The lowest BCUT2D eigenvalue weighted by Crippen LogP contribution is -1.89. The summed E-state index contributed by atoms with van der Waals surface area (Å²) in [4.78, 5) is 0. The Kier molecular flexibility index (Phi) is 11.0. The first-order chi connectivity index (χ1) is 10.4. The van der Waals surface area contributed by atoms with E-state index < -0.39 is 0 Å². The molecule has 0 N–H and O–H groups in total. The molecule has 1 aromatic carbocycles. The minimum Gasteiger partial charge on any atom is -0.497 e. The number of ether oxygens (including phenoxy) is 1. The van der Waals surface area contributed by atoms with Crippen molar-refractivity contribution in [3.8, 4) is 5.75 Å². The predicted octanol–water partition coefficient (Wildman–Crippen LogP) is 6.55. The van der Waals surface area contributed by atoms with E-state index in [1.165, 1.54) is 82.6 Å². The van der Waals surface area contributed by atoms with Gasteiger partial charge in [-0.2, -0.15) is 0 Å². The zero-order valence-corrected chi connectivity index (χ0v) is 14.2. The highest BCUT2D eigenvalue weighted by molar-refractivity contribution is 5.28. The molecule has 0 radical (unpaired) electrons. The standard InChI is InChI=1S/C20H34O/c1-3-4-5-6-7-8-9-10-11-12-13-15-19-16-14-17-20(18-19)21-2/h14,16-18H,3-13,15H2,1-2H3. The highest BCUT2D eigenvalue weighted by Crippen LogP contribution is 2.16. The summed E-state index contributed by atoms with van der Waals surface area (Å²) < 4.78 is 5.26. The summed E-state index contributed by atoms with van der Waals surface area (Å²) in [5.74, 6) is 0.982. The van der Waals surface area contributed by atoms with Gasteiger partial charge in [-0.05, 0) is 30.5 Å². The van der Waals surface area contributed by atoms with Gasteiger partial charge in [-0.1, -0.05) is 83.3 Å². The molecule has 0 saturated heterocycles. The number of methoxy groups -OCH3 is 1. The molecule has 0 aliphatic heterocycles. The maximum absolute atomic E-state index is 5.26. The highest BCUT2D eigenvalue weighted by Gasteiger charge is 1.97. The van der Waals surface area contributed by atoms with Crippen molar-refractivity contribution in [1.29, 1.82) is 0 Å². The summed E-state index contributed by atoms with van der Waals surface area (Å²) in [6.07, 6.45) is 16.7. The fourth-order valence-electron chi connectivity index (χ4n) is 2.82. The van der Waals surface area contributed by atoms with Crippen molar-refractivity contribution in [2.75, 3.05) is 7.11 Å². The van der Waals surface area contributed by atoms with E-state index >= 15 is 0 Å². The molecule has 0 aromatic heterocycles. The van der Waals surface area contributed by atoms with Gasteiger partial charge in [0.25, 0.3) is 0 Å². The van der Waals surface area contributed by atoms with Crippen LogP contribution in [-0.2, 0) is 6.42 Å². The van der Waals surface area contributed by atoms with E-state index in [9.17, 15) is 0 Å². The molecule has 0 saturated carbocycles. The van der Waals surface area contributed by atoms with Crippen molar-refractivity contribution >= 4 is 0 Å². The summed E-state index contributed by atoms with van der Waals surface area (Å²) in [5.41, 5.74) is 1.41. The Bertz CT molecular complexity index is 345. The van der Waals surface area contributed by atoms with Crippen LogP contribution in [0.5, 0.6) is 5.75 Å². The normalized spacial score (nSPS) is 10.8. The predicted molar refractivity (Wildman–Crippen MR) is 93.2 cm³/mol. The first-order valence-electron chi connectivity index (χ1n) is 8.99. The lowest BCUT2D eigenvalue weighted by molar-refractivity contribution is 0.414. The van der Waals surface area contributed by atoms with Gasteiger partial charge < -0.3 is 4.74 Å². The lowest BCUT2D eigenvalue weighted by atomic mass is 10.0. The highest BCUT2D eigenvalue weighted by atomic mass is 16.5. The molecular formula is C20H34O. The van der Waals surface area contributed by atoms with Crippen molar-refractivity contribution in [2.45, 2.75) is 84.0 Å². The maximum Gasteiger partial charge on any atom is 0.119 e. The number of hydrogen-bond acceptors (Lipinski definition) is 1. The van der Waals surface area contributed by atoms with Gasteiger partial charge in [0, 0.05) is 0 Å². The molecule has 1 rings (SSSR count). The quantitative estimate of drug-likeness (QED) is 0.374. The molecule has 0 heterocycles. The molecule has 21 heavy (non-hydrogen) atoms. The second-order valence-corrected chi connectivity index (χ2v) is 6.14. The van der Waals surface area contributed by atoms with Crippen LogP contribution < -0.4 is 4.74 Å². The van der Waals surface area contributed by atoms with Crippen LogP contribution in [0, 0.1) is 0 Å². The lowest BCUT2D eigenvalue weighted by Gasteiger charge is -2.05. The first-order valence-corrected chi connectivity index (χ1v) is 8.99. The van der Waals surface area contributed by atoms with E-state index in [-0.39, 0.29) is 0 Å². The van der Waals surface area contributed by atoms with Gasteiger partial charge in [-0.3, -0.25) is 0 Å². The van der Waals surface area contributed by atoms with Crippen LogP contribution in [-0.4, -0.2) is 7.11 Å². The van der Waals surface area contributed by atoms with Crippen molar-refractivity contribution in [3.05, 3.63) is 29.8 Å². The largest absolute Gasteiger partial charge is 0.497 e. The van der Waals surface area contributed by atoms with Crippen LogP contribution in [0.25, 0.3) is 0 Å². The maximum atomic E-state index is 5.26. The molecular weight excluding hydrogens is 256 g/mol. The first kappa shape index (κ1) is 18.1. The van der Waals surface area contributed by atoms with Gasteiger partial charge in [0.2, 0.25) is 0 Å². The van der Waals surface area contributed by atoms with Crippen LogP contribution in [0.1, 0.15) is 83.1 Å². The van der Waals surface area contributed by atoms with Gasteiger partial charge >= 0.3 is 0 Å². The molecule has 1 aromatic rings. The molecule has 0 fully saturated rings. The summed E-state index contributed by atoms with van der Waals surface area (Å²) in [7, 11) is 1.74. The third-order valence-electron chi connectivity index (χ3n) is 4.20. The van der Waals surface area contributed by atoms with E-state index in [4.69, 9.17) is 4.74 Å². The van der Waals surface area contributed by atoms with Crippen molar-refractivity contribution in [1.82, 2.24) is 0 Å². The average molecular weight is 290 g/mol. The SMILES string of the molecule is CCCCCCCCCCCCCc1cccc(OC)c1. The molecule has 0 aliphatic rings. The number of rotatable bonds is 13. The second kappa shape index (κ2) is 12.7. The van der Waals surface area contributed by atoms with Gasteiger partial charge in [0.15, 0.2) is 0 Å². The van der Waals surface area contributed by atoms with Crippen molar-refractivity contribution < 1.29 is 4.74 Å². The Morgan fingerprint density at radius 1 is 0.762 bits per heavy atom. The van der Waals surface area contributed by atoms with Gasteiger partial charge in [0.1, 0.15) is 5.75 Å². The zero-order chi connectivity index (χ0) is 15.2. The molecule has 0 aliphatic carbocycles. The molecule has 0 amide bonds. The number of unbranched alkanes of at least 4 members (excludes halogenated alkanes) is 10. The minimum absolute atomic E-state index is 0.982. The Morgan fingerprint density at radius 2 is 1.33 bits per heavy atom. The molecule has 1 nitrogen and oxygen atoms in total. The van der Waals surface area contributed by atoms with E-state index in [0.717, 1.165) is 5.75 Å². The summed E-state index contributed by atoms with van der Waals surface area (Å²) in [6.45, 7) is 2.28. The van der Waals surface area contributed by atoms with Gasteiger partial charge in [-0.25, -0.2) is 0 Å². The third-order valence-corrected chi connectivity index (χ3v) is 4.20. The van der Waals surface area contributed by atoms with E-state index in [1.54, 1.807) is 7.11 Å². The Balaban J connectivity index is 1.90. The molecule has 0 unspecified atom stereocenters.